The average Bonchev–Trinajstić information content (AvgIpc) is 2.86. The second kappa shape index (κ2) is 6.53. The van der Waals surface area contributed by atoms with E-state index in [4.69, 9.17) is 0 Å². The summed E-state index contributed by atoms with van der Waals surface area (Å²) >= 11 is 0. The van der Waals surface area contributed by atoms with E-state index in [9.17, 15) is 5.11 Å². The van der Waals surface area contributed by atoms with Gasteiger partial charge >= 0.3 is 0 Å². The summed E-state index contributed by atoms with van der Waals surface area (Å²) in [5.74, 6) is 0.959. The molecule has 0 fully saturated rings. The molecular weight excluding hydrogens is 236 g/mol. The standard InChI is InChI=1S/C16H22N2O/c1-3-10-18-11-9-17-16(18)12-15(19)14-8-6-5-7-13(14)4-2/h5-9,11,15,19H,3-4,10,12H2,1-2H3. The Labute approximate surface area is 114 Å². The summed E-state index contributed by atoms with van der Waals surface area (Å²) in [6.07, 6.45) is 5.90. The number of imidazole rings is 1. The van der Waals surface area contributed by atoms with Crippen molar-refractivity contribution < 1.29 is 5.11 Å². The van der Waals surface area contributed by atoms with Gasteiger partial charge < -0.3 is 9.67 Å². The Morgan fingerprint density at radius 1 is 1.26 bits per heavy atom. The number of hydrogen-bond donors (Lipinski definition) is 1. The summed E-state index contributed by atoms with van der Waals surface area (Å²) < 4.78 is 2.12. The third-order valence-corrected chi connectivity index (χ3v) is 3.44. The van der Waals surface area contributed by atoms with E-state index in [0.717, 1.165) is 30.8 Å². The molecule has 2 aromatic rings. The first kappa shape index (κ1) is 13.8. The summed E-state index contributed by atoms with van der Waals surface area (Å²) in [6, 6.07) is 8.09. The molecule has 3 heteroatoms. The van der Waals surface area contributed by atoms with Crippen molar-refractivity contribution in [3.63, 3.8) is 0 Å². The van der Waals surface area contributed by atoms with Crippen molar-refractivity contribution in [3.8, 4) is 0 Å². The molecular formula is C16H22N2O. The highest BCUT2D eigenvalue weighted by molar-refractivity contribution is 5.29. The first-order chi connectivity index (χ1) is 9.26. The molecule has 0 radical (unpaired) electrons. The lowest BCUT2D eigenvalue weighted by atomic mass is 9.98. The molecule has 1 aromatic carbocycles. The van der Waals surface area contributed by atoms with Crippen molar-refractivity contribution in [3.05, 3.63) is 53.6 Å². The number of aromatic nitrogens is 2. The molecule has 1 aromatic heterocycles. The van der Waals surface area contributed by atoms with Crippen LogP contribution in [0, 0.1) is 0 Å². The van der Waals surface area contributed by atoms with E-state index in [1.165, 1.54) is 5.56 Å². The molecule has 0 bridgehead atoms. The van der Waals surface area contributed by atoms with E-state index in [2.05, 4.69) is 29.5 Å². The second-order valence-electron chi connectivity index (χ2n) is 4.81. The number of aryl methyl sites for hydroxylation is 2. The van der Waals surface area contributed by atoms with Crippen molar-refractivity contribution in [2.75, 3.05) is 0 Å². The Morgan fingerprint density at radius 3 is 2.79 bits per heavy atom. The lowest BCUT2D eigenvalue weighted by Crippen LogP contribution is -2.10. The van der Waals surface area contributed by atoms with Gasteiger partial charge in [-0.1, -0.05) is 38.1 Å². The normalized spacial score (nSPS) is 12.6. The van der Waals surface area contributed by atoms with E-state index in [1.54, 1.807) is 0 Å². The summed E-state index contributed by atoms with van der Waals surface area (Å²) in [5, 5.41) is 10.4. The monoisotopic (exact) mass is 258 g/mol. The first-order valence-corrected chi connectivity index (χ1v) is 7.02. The minimum Gasteiger partial charge on any atom is -0.388 e. The van der Waals surface area contributed by atoms with Gasteiger partial charge in [-0.2, -0.15) is 0 Å². The highest BCUT2D eigenvalue weighted by Crippen LogP contribution is 2.22. The zero-order chi connectivity index (χ0) is 13.7. The first-order valence-electron chi connectivity index (χ1n) is 7.02. The predicted octanol–water partition coefficient (Wildman–Crippen LogP) is 3.13. The van der Waals surface area contributed by atoms with E-state index in [0.29, 0.717) is 6.42 Å². The number of aliphatic hydroxyl groups is 1. The van der Waals surface area contributed by atoms with Crippen LogP contribution in [0.1, 0.15) is 43.3 Å². The third-order valence-electron chi connectivity index (χ3n) is 3.44. The third kappa shape index (κ3) is 3.24. The number of hydrogen-bond acceptors (Lipinski definition) is 2. The molecule has 0 amide bonds. The van der Waals surface area contributed by atoms with Crippen LogP contribution in [0.3, 0.4) is 0 Å². The molecule has 0 saturated heterocycles. The molecule has 0 aliphatic heterocycles. The van der Waals surface area contributed by atoms with E-state index < -0.39 is 6.10 Å². The predicted molar refractivity (Wildman–Crippen MR) is 77.0 cm³/mol. The van der Waals surface area contributed by atoms with Gasteiger partial charge in [0.25, 0.3) is 0 Å². The lowest BCUT2D eigenvalue weighted by molar-refractivity contribution is 0.173. The van der Waals surface area contributed by atoms with Crippen LogP contribution >= 0.6 is 0 Å². The quantitative estimate of drug-likeness (QED) is 0.864. The van der Waals surface area contributed by atoms with Gasteiger partial charge in [-0.05, 0) is 24.0 Å². The largest absolute Gasteiger partial charge is 0.388 e. The molecule has 0 aliphatic carbocycles. The van der Waals surface area contributed by atoms with E-state index >= 15 is 0 Å². The van der Waals surface area contributed by atoms with Crippen molar-refractivity contribution >= 4 is 0 Å². The summed E-state index contributed by atoms with van der Waals surface area (Å²) in [4.78, 5) is 4.36. The van der Waals surface area contributed by atoms with Gasteiger partial charge in [0, 0.05) is 25.4 Å². The van der Waals surface area contributed by atoms with Gasteiger partial charge in [0.15, 0.2) is 0 Å². The van der Waals surface area contributed by atoms with Crippen LogP contribution in [-0.2, 0) is 19.4 Å². The average molecular weight is 258 g/mol. The maximum absolute atomic E-state index is 10.4. The van der Waals surface area contributed by atoms with E-state index in [1.807, 2.05) is 30.6 Å². The van der Waals surface area contributed by atoms with Crippen LogP contribution in [0.2, 0.25) is 0 Å². The zero-order valence-electron chi connectivity index (χ0n) is 11.7. The van der Waals surface area contributed by atoms with Crippen LogP contribution in [0.5, 0.6) is 0 Å². The van der Waals surface area contributed by atoms with Crippen molar-refractivity contribution in [1.82, 2.24) is 9.55 Å². The molecule has 0 aliphatic rings. The Hall–Kier alpha value is -1.61. The molecule has 1 heterocycles. The van der Waals surface area contributed by atoms with Crippen LogP contribution < -0.4 is 0 Å². The lowest BCUT2D eigenvalue weighted by Gasteiger charge is -2.15. The van der Waals surface area contributed by atoms with Crippen LogP contribution in [0.15, 0.2) is 36.7 Å². The Kier molecular flexibility index (Phi) is 4.74. The fourth-order valence-electron chi connectivity index (χ4n) is 2.44. The molecule has 1 atom stereocenters. The second-order valence-corrected chi connectivity index (χ2v) is 4.81. The van der Waals surface area contributed by atoms with Gasteiger partial charge in [-0.15, -0.1) is 0 Å². The maximum atomic E-state index is 10.4. The van der Waals surface area contributed by atoms with Gasteiger partial charge in [-0.3, -0.25) is 0 Å². The Bertz CT molecular complexity index is 519. The Morgan fingerprint density at radius 2 is 2.05 bits per heavy atom. The molecule has 0 spiro atoms. The molecule has 2 rings (SSSR count). The minimum absolute atomic E-state index is 0.478. The fourth-order valence-corrected chi connectivity index (χ4v) is 2.44. The maximum Gasteiger partial charge on any atom is 0.111 e. The van der Waals surface area contributed by atoms with Crippen LogP contribution in [-0.4, -0.2) is 14.7 Å². The summed E-state index contributed by atoms with van der Waals surface area (Å²) in [5.41, 5.74) is 2.24. The Balaban J connectivity index is 2.16. The van der Waals surface area contributed by atoms with Gasteiger partial charge in [0.2, 0.25) is 0 Å². The van der Waals surface area contributed by atoms with Crippen molar-refractivity contribution in [1.29, 1.82) is 0 Å². The fraction of sp³-hybridized carbons (Fsp3) is 0.438. The molecule has 19 heavy (non-hydrogen) atoms. The van der Waals surface area contributed by atoms with Crippen LogP contribution in [0.25, 0.3) is 0 Å². The van der Waals surface area contributed by atoms with Gasteiger partial charge in [0.05, 0.1) is 6.10 Å². The van der Waals surface area contributed by atoms with Crippen molar-refractivity contribution in [2.45, 2.75) is 45.8 Å². The molecule has 1 unspecified atom stereocenters. The zero-order valence-corrected chi connectivity index (χ0v) is 11.7. The summed E-state index contributed by atoms with van der Waals surface area (Å²) in [7, 11) is 0. The molecule has 102 valence electrons. The molecule has 3 nitrogen and oxygen atoms in total. The number of aliphatic hydroxyl groups excluding tert-OH is 1. The van der Waals surface area contributed by atoms with E-state index in [-0.39, 0.29) is 0 Å². The number of rotatable bonds is 6. The summed E-state index contributed by atoms with van der Waals surface area (Å²) in [6.45, 7) is 5.22. The number of nitrogens with zero attached hydrogens (tertiary/aromatic N) is 2. The van der Waals surface area contributed by atoms with Crippen LogP contribution in [0.4, 0.5) is 0 Å². The highest BCUT2D eigenvalue weighted by Gasteiger charge is 2.14. The SMILES string of the molecule is CCCn1ccnc1CC(O)c1ccccc1CC. The van der Waals surface area contributed by atoms with Gasteiger partial charge in [-0.25, -0.2) is 4.98 Å². The molecule has 1 N–H and O–H groups in total. The smallest absolute Gasteiger partial charge is 0.111 e. The minimum atomic E-state index is -0.478. The molecule has 0 saturated carbocycles. The highest BCUT2D eigenvalue weighted by atomic mass is 16.3. The topological polar surface area (TPSA) is 38.0 Å². The van der Waals surface area contributed by atoms with Gasteiger partial charge in [0.1, 0.15) is 5.82 Å². The van der Waals surface area contributed by atoms with Crippen molar-refractivity contribution in [2.24, 2.45) is 0 Å². The number of benzene rings is 1.